The lowest BCUT2D eigenvalue weighted by atomic mass is 10.1. The lowest BCUT2D eigenvalue weighted by Crippen LogP contribution is -2.14. The Balaban J connectivity index is 1.61. The molecule has 31 heavy (non-hydrogen) atoms. The fourth-order valence-corrected chi connectivity index (χ4v) is 3.25. The summed E-state index contributed by atoms with van der Waals surface area (Å²) in [7, 11) is 0. The van der Waals surface area contributed by atoms with E-state index in [9.17, 15) is 14.0 Å². The highest BCUT2D eigenvalue weighted by Gasteiger charge is 2.21. The molecule has 5 nitrogen and oxygen atoms in total. The third kappa shape index (κ3) is 4.78. The Morgan fingerprint density at radius 1 is 0.935 bits per heavy atom. The van der Waals surface area contributed by atoms with Crippen LogP contribution in [-0.2, 0) is 4.74 Å². The fourth-order valence-electron chi connectivity index (χ4n) is 2.99. The summed E-state index contributed by atoms with van der Waals surface area (Å²) in [4.78, 5) is 25.2. The molecule has 0 aliphatic carbocycles. The number of esters is 1. The number of ketones is 1. The maximum absolute atomic E-state index is 13.4. The van der Waals surface area contributed by atoms with Gasteiger partial charge in [0.25, 0.3) is 0 Å². The monoisotopic (exact) mass is 478 g/mol. The second-order valence-corrected chi connectivity index (χ2v) is 7.60. The van der Waals surface area contributed by atoms with Gasteiger partial charge in [-0.15, -0.1) is 0 Å². The van der Waals surface area contributed by atoms with Gasteiger partial charge < -0.3 is 4.74 Å². The second kappa shape index (κ2) is 9.06. The minimum absolute atomic E-state index is 0.180. The van der Waals surface area contributed by atoms with Crippen LogP contribution in [0, 0.1) is 5.82 Å². The van der Waals surface area contributed by atoms with E-state index in [1.165, 1.54) is 24.3 Å². The van der Waals surface area contributed by atoms with E-state index in [0.717, 1.165) is 10.2 Å². The normalized spacial score (nSPS) is 10.6. The molecule has 4 aromatic rings. The van der Waals surface area contributed by atoms with Gasteiger partial charge in [0.05, 0.1) is 5.69 Å². The van der Waals surface area contributed by atoms with Crippen LogP contribution in [0.1, 0.15) is 20.7 Å². The van der Waals surface area contributed by atoms with E-state index in [0.29, 0.717) is 16.8 Å². The molecule has 0 amide bonds. The Kier molecular flexibility index (Phi) is 6.04. The molecule has 0 saturated carbocycles. The summed E-state index contributed by atoms with van der Waals surface area (Å²) in [5.74, 6) is -1.40. The van der Waals surface area contributed by atoms with E-state index in [2.05, 4.69) is 21.0 Å². The second-order valence-electron chi connectivity index (χ2n) is 6.68. The SMILES string of the molecule is O=C(COC(=O)c1cn(-c2ccccc2)nc1-c1ccc(F)cc1)c1ccc(Br)cc1. The van der Waals surface area contributed by atoms with Crippen molar-refractivity contribution >= 4 is 27.7 Å². The average molecular weight is 479 g/mol. The first-order chi connectivity index (χ1) is 15.0. The van der Waals surface area contributed by atoms with Crippen LogP contribution in [0.2, 0.25) is 0 Å². The Labute approximate surface area is 186 Å². The van der Waals surface area contributed by atoms with Crippen LogP contribution >= 0.6 is 15.9 Å². The van der Waals surface area contributed by atoms with Crippen molar-refractivity contribution in [2.45, 2.75) is 0 Å². The average Bonchev–Trinajstić information content (AvgIpc) is 3.24. The van der Waals surface area contributed by atoms with Gasteiger partial charge in [0.15, 0.2) is 12.4 Å². The summed E-state index contributed by atoms with van der Waals surface area (Å²) in [5.41, 5.74) is 2.26. The van der Waals surface area contributed by atoms with Gasteiger partial charge in [0, 0.05) is 21.8 Å². The Morgan fingerprint density at radius 3 is 2.29 bits per heavy atom. The summed E-state index contributed by atoms with van der Waals surface area (Å²) in [5, 5.41) is 4.50. The van der Waals surface area contributed by atoms with Crippen molar-refractivity contribution in [3.63, 3.8) is 0 Å². The van der Waals surface area contributed by atoms with Crippen LogP contribution in [0.5, 0.6) is 0 Å². The molecule has 0 bridgehead atoms. The number of Topliss-reactive ketones (excluding diaryl/α,β-unsaturated/α-hetero) is 1. The van der Waals surface area contributed by atoms with Crippen molar-refractivity contribution in [1.82, 2.24) is 9.78 Å². The summed E-state index contributed by atoms with van der Waals surface area (Å²) in [6.07, 6.45) is 1.54. The van der Waals surface area contributed by atoms with Crippen molar-refractivity contribution in [1.29, 1.82) is 0 Å². The molecule has 0 fully saturated rings. The van der Waals surface area contributed by atoms with Crippen LogP contribution in [-0.4, -0.2) is 28.1 Å². The molecule has 154 valence electrons. The molecule has 1 heterocycles. The Hall–Kier alpha value is -3.58. The molecular formula is C24H16BrFN2O3. The zero-order chi connectivity index (χ0) is 21.8. The van der Waals surface area contributed by atoms with Crippen LogP contribution < -0.4 is 0 Å². The maximum atomic E-state index is 13.4. The highest BCUT2D eigenvalue weighted by molar-refractivity contribution is 9.10. The minimum Gasteiger partial charge on any atom is -0.454 e. The zero-order valence-corrected chi connectivity index (χ0v) is 17.8. The van der Waals surface area contributed by atoms with Gasteiger partial charge in [-0.05, 0) is 48.5 Å². The lowest BCUT2D eigenvalue weighted by molar-refractivity contribution is 0.0475. The quantitative estimate of drug-likeness (QED) is 0.272. The number of carbonyl (C=O) groups excluding carboxylic acids is 2. The van der Waals surface area contributed by atoms with Gasteiger partial charge in [-0.2, -0.15) is 5.10 Å². The van der Waals surface area contributed by atoms with Crippen molar-refractivity contribution in [3.05, 3.63) is 106 Å². The van der Waals surface area contributed by atoms with E-state index < -0.39 is 18.4 Å². The molecule has 0 N–H and O–H groups in total. The number of carbonyl (C=O) groups is 2. The van der Waals surface area contributed by atoms with Crippen molar-refractivity contribution in [2.24, 2.45) is 0 Å². The maximum Gasteiger partial charge on any atom is 0.342 e. The number of nitrogens with zero attached hydrogens (tertiary/aromatic N) is 2. The largest absolute Gasteiger partial charge is 0.454 e. The molecule has 7 heteroatoms. The summed E-state index contributed by atoms with van der Waals surface area (Å²) in [6.45, 7) is -0.403. The van der Waals surface area contributed by atoms with Crippen LogP contribution in [0.25, 0.3) is 16.9 Å². The molecule has 0 aliphatic rings. The lowest BCUT2D eigenvalue weighted by Gasteiger charge is -2.05. The van der Waals surface area contributed by atoms with Crippen molar-refractivity contribution < 1.29 is 18.7 Å². The van der Waals surface area contributed by atoms with Gasteiger partial charge in [0.2, 0.25) is 0 Å². The number of aromatic nitrogens is 2. The number of rotatable bonds is 6. The first-order valence-corrected chi connectivity index (χ1v) is 10.2. The fraction of sp³-hybridized carbons (Fsp3) is 0.0417. The van der Waals surface area contributed by atoms with Crippen molar-refractivity contribution in [2.75, 3.05) is 6.61 Å². The third-order valence-electron chi connectivity index (χ3n) is 4.57. The smallest absolute Gasteiger partial charge is 0.342 e. The number of hydrogen-bond acceptors (Lipinski definition) is 4. The predicted molar refractivity (Wildman–Crippen MR) is 118 cm³/mol. The van der Waals surface area contributed by atoms with E-state index in [-0.39, 0.29) is 11.3 Å². The molecule has 0 atom stereocenters. The molecule has 0 spiro atoms. The number of benzene rings is 3. The minimum atomic E-state index is -0.688. The highest BCUT2D eigenvalue weighted by atomic mass is 79.9. The highest BCUT2D eigenvalue weighted by Crippen LogP contribution is 2.25. The molecule has 0 saturated heterocycles. The number of para-hydroxylation sites is 1. The molecule has 0 aliphatic heterocycles. The van der Waals surface area contributed by atoms with E-state index in [4.69, 9.17) is 4.74 Å². The first-order valence-electron chi connectivity index (χ1n) is 9.38. The summed E-state index contributed by atoms with van der Waals surface area (Å²) < 4.78 is 21.0. The van der Waals surface area contributed by atoms with Crippen LogP contribution in [0.3, 0.4) is 0 Å². The van der Waals surface area contributed by atoms with Crippen LogP contribution in [0.15, 0.2) is 89.5 Å². The molecular weight excluding hydrogens is 463 g/mol. The Bertz CT molecular complexity index is 1220. The molecule has 3 aromatic carbocycles. The van der Waals surface area contributed by atoms with Gasteiger partial charge >= 0.3 is 5.97 Å². The first kappa shape index (κ1) is 20.7. The molecule has 0 radical (unpaired) electrons. The molecule has 4 rings (SSSR count). The van der Waals surface area contributed by atoms with Gasteiger partial charge in [0.1, 0.15) is 17.1 Å². The van der Waals surface area contributed by atoms with E-state index >= 15 is 0 Å². The van der Waals surface area contributed by atoms with E-state index in [1.54, 1.807) is 35.1 Å². The summed E-state index contributed by atoms with van der Waals surface area (Å²) >= 11 is 3.31. The van der Waals surface area contributed by atoms with Gasteiger partial charge in [-0.1, -0.05) is 46.3 Å². The third-order valence-corrected chi connectivity index (χ3v) is 5.10. The zero-order valence-electron chi connectivity index (χ0n) is 16.2. The van der Waals surface area contributed by atoms with Crippen molar-refractivity contribution in [3.8, 4) is 16.9 Å². The predicted octanol–water partition coefficient (Wildman–Crippen LogP) is 5.48. The molecule has 1 aromatic heterocycles. The van der Waals surface area contributed by atoms with E-state index in [1.807, 2.05) is 30.3 Å². The van der Waals surface area contributed by atoms with Gasteiger partial charge in [-0.25, -0.2) is 13.9 Å². The van der Waals surface area contributed by atoms with Gasteiger partial charge in [-0.3, -0.25) is 4.79 Å². The topological polar surface area (TPSA) is 61.2 Å². The number of hydrogen-bond donors (Lipinski definition) is 0. The summed E-state index contributed by atoms with van der Waals surface area (Å²) in [6, 6.07) is 21.7. The number of ether oxygens (including phenoxy) is 1. The standard InChI is InChI=1S/C24H16BrFN2O3/c25-18-10-6-16(7-11-18)22(29)15-31-24(30)21-14-28(20-4-2-1-3-5-20)27-23(21)17-8-12-19(26)13-9-17/h1-14H,15H2. The van der Waals surface area contributed by atoms with Crippen LogP contribution in [0.4, 0.5) is 4.39 Å². The molecule has 0 unspecified atom stereocenters. The number of halogens is 2. The Morgan fingerprint density at radius 2 is 1.61 bits per heavy atom.